The second-order valence-electron chi connectivity index (χ2n) is 13.2. The first-order chi connectivity index (χ1) is 20.1. The highest BCUT2D eigenvalue weighted by Gasteiger charge is 2.64. The number of aliphatic hydroxyl groups is 3. The minimum absolute atomic E-state index is 0.0641. The number of phenolic OH excluding ortho intramolecular Hbond substituents is 1. The van der Waals surface area contributed by atoms with Gasteiger partial charge in [-0.05, 0) is 86.0 Å². The number of hydrogen-bond donors (Lipinski definition) is 6. The first-order valence-corrected chi connectivity index (χ1v) is 14.5. The van der Waals surface area contributed by atoms with E-state index in [0.717, 1.165) is 16.7 Å². The van der Waals surface area contributed by atoms with E-state index in [-0.39, 0.29) is 41.2 Å². The van der Waals surface area contributed by atoms with Crippen molar-refractivity contribution in [2.24, 2.45) is 29.4 Å². The average Bonchev–Trinajstić information content (AvgIpc) is 2.90. The SMILES string of the molecule is CC(C)[C@@H]1C(=O)C(C(N)=O)=C(O)[C@@]2(O)C(=O)C3=C(O)c4c(O)ccc(-c5ccc(/C=C\NC(C)(C)C)cc5)c4C[C@H]3C[C@@H]12. The van der Waals surface area contributed by atoms with Crippen LogP contribution in [0, 0.1) is 23.7 Å². The molecule has 3 aliphatic rings. The van der Waals surface area contributed by atoms with E-state index in [1.807, 2.05) is 36.5 Å². The largest absolute Gasteiger partial charge is 0.508 e. The number of nitrogens with two attached hydrogens (primary N) is 1. The number of hydrogen-bond acceptors (Lipinski definition) is 8. The van der Waals surface area contributed by atoms with E-state index in [0.29, 0.717) is 5.56 Å². The Kier molecular flexibility index (Phi) is 7.29. The van der Waals surface area contributed by atoms with Crippen LogP contribution in [0.3, 0.4) is 0 Å². The second-order valence-corrected chi connectivity index (χ2v) is 13.2. The molecule has 0 unspecified atom stereocenters. The summed E-state index contributed by atoms with van der Waals surface area (Å²) < 4.78 is 0. The number of benzene rings is 2. The minimum Gasteiger partial charge on any atom is -0.508 e. The molecule has 0 aliphatic heterocycles. The zero-order valence-corrected chi connectivity index (χ0v) is 24.9. The number of nitrogens with one attached hydrogen (secondary N) is 1. The summed E-state index contributed by atoms with van der Waals surface area (Å²) >= 11 is 0. The quantitative estimate of drug-likeness (QED) is 0.281. The molecule has 0 saturated heterocycles. The van der Waals surface area contributed by atoms with Gasteiger partial charge in [0.2, 0.25) is 5.78 Å². The zero-order chi connectivity index (χ0) is 31.6. The molecular weight excluding hydrogens is 548 g/mol. The summed E-state index contributed by atoms with van der Waals surface area (Å²) in [5, 5.41) is 48.4. The van der Waals surface area contributed by atoms with Crippen molar-refractivity contribution in [3.8, 4) is 16.9 Å². The maximum atomic E-state index is 14.0. The Hall–Kier alpha value is -4.37. The molecular formula is C34H38N2O7. The molecule has 1 saturated carbocycles. The van der Waals surface area contributed by atoms with Crippen molar-refractivity contribution >= 4 is 29.3 Å². The Morgan fingerprint density at radius 3 is 2.30 bits per heavy atom. The molecule has 0 bridgehead atoms. The predicted molar refractivity (Wildman–Crippen MR) is 162 cm³/mol. The fraction of sp³-hybridized carbons (Fsp3) is 0.382. The Bertz CT molecular complexity index is 1620. The molecule has 5 rings (SSSR count). The molecule has 4 atom stereocenters. The van der Waals surface area contributed by atoms with E-state index in [2.05, 4.69) is 26.1 Å². The maximum absolute atomic E-state index is 14.0. The third-order valence-corrected chi connectivity index (χ3v) is 8.87. The van der Waals surface area contributed by atoms with Gasteiger partial charge in [-0.1, -0.05) is 44.2 Å². The number of Topliss-reactive ketones (excluding diaryl/α,β-unsaturated/α-hetero) is 2. The number of primary amides is 1. The third kappa shape index (κ3) is 4.81. The molecule has 0 radical (unpaired) electrons. The number of aliphatic hydroxyl groups excluding tert-OH is 2. The average molecular weight is 587 g/mol. The summed E-state index contributed by atoms with van der Waals surface area (Å²) in [6, 6.07) is 11.0. The van der Waals surface area contributed by atoms with Crippen LogP contribution in [0.4, 0.5) is 0 Å². The number of rotatable bonds is 5. The van der Waals surface area contributed by atoms with Crippen LogP contribution in [-0.4, -0.2) is 49.0 Å². The number of fused-ring (bicyclic) bond motifs is 3. The van der Waals surface area contributed by atoms with Crippen LogP contribution in [0.1, 0.15) is 57.7 Å². The lowest BCUT2D eigenvalue weighted by molar-refractivity contribution is -0.155. The second kappa shape index (κ2) is 10.4. The highest BCUT2D eigenvalue weighted by Crippen LogP contribution is 2.55. The molecule has 0 heterocycles. The van der Waals surface area contributed by atoms with Crippen LogP contribution in [0.15, 0.2) is 59.5 Å². The fourth-order valence-corrected chi connectivity index (χ4v) is 6.92. The van der Waals surface area contributed by atoms with Gasteiger partial charge in [0.05, 0.1) is 5.56 Å². The molecule has 2 aromatic rings. The Labute approximate surface area is 250 Å². The summed E-state index contributed by atoms with van der Waals surface area (Å²) in [4.78, 5) is 39.5. The molecule has 1 amide bonds. The van der Waals surface area contributed by atoms with Gasteiger partial charge in [0.15, 0.2) is 11.4 Å². The number of amides is 1. The Morgan fingerprint density at radius 1 is 1.07 bits per heavy atom. The normalized spacial score (nSPS) is 25.6. The van der Waals surface area contributed by atoms with Gasteiger partial charge < -0.3 is 31.5 Å². The topological polar surface area (TPSA) is 170 Å². The van der Waals surface area contributed by atoms with Crippen LogP contribution in [0.5, 0.6) is 5.75 Å². The van der Waals surface area contributed by atoms with E-state index in [1.165, 1.54) is 6.07 Å². The summed E-state index contributed by atoms with van der Waals surface area (Å²) in [5.41, 5.74) is 5.04. The van der Waals surface area contributed by atoms with Gasteiger partial charge in [-0.3, -0.25) is 14.4 Å². The van der Waals surface area contributed by atoms with Gasteiger partial charge in [0, 0.05) is 22.9 Å². The van der Waals surface area contributed by atoms with Crippen molar-refractivity contribution in [3.05, 3.63) is 76.2 Å². The summed E-state index contributed by atoms with van der Waals surface area (Å²) in [6.45, 7) is 9.67. The van der Waals surface area contributed by atoms with Gasteiger partial charge in [0.1, 0.15) is 22.8 Å². The van der Waals surface area contributed by atoms with Gasteiger partial charge in [0.25, 0.3) is 5.91 Å². The molecule has 3 aliphatic carbocycles. The van der Waals surface area contributed by atoms with E-state index in [9.17, 15) is 34.8 Å². The van der Waals surface area contributed by atoms with E-state index in [4.69, 9.17) is 5.73 Å². The Morgan fingerprint density at radius 2 is 1.72 bits per heavy atom. The van der Waals surface area contributed by atoms with Crippen LogP contribution in [-0.2, 0) is 20.8 Å². The molecule has 0 spiro atoms. The molecule has 7 N–H and O–H groups in total. The van der Waals surface area contributed by atoms with Gasteiger partial charge >= 0.3 is 0 Å². The smallest absolute Gasteiger partial charge is 0.255 e. The van der Waals surface area contributed by atoms with Crippen LogP contribution in [0.2, 0.25) is 0 Å². The molecule has 9 nitrogen and oxygen atoms in total. The molecule has 1 fully saturated rings. The predicted octanol–water partition coefficient (Wildman–Crippen LogP) is 4.33. The number of ketones is 2. The maximum Gasteiger partial charge on any atom is 0.255 e. The summed E-state index contributed by atoms with van der Waals surface area (Å²) in [6.07, 6.45) is 4.16. The highest BCUT2D eigenvalue weighted by molar-refractivity contribution is 6.23. The highest BCUT2D eigenvalue weighted by atomic mass is 16.3. The monoisotopic (exact) mass is 586 g/mol. The number of aromatic hydroxyl groups is 1. The lowest BCUT2D eigenvalue weighted by atomic mass is 9.54. The van der Waals surface area contributed by atoms with Crippen molar-refractivity contribution in [1.29, 1.82) is 0 Å². The number of carbonyl (C=O) groups is 3. The molecule has 2 aromatic carbocycles. The lowest BCUT2D eigenvalue weighted by Gasteiger charge is -2.50. The van der Waals surface area contributed by atoms with Crippen LogP contribution >= 0.6 is 0 Å². The minimum atomic E-state index is -2.62. The van der Waals surface area contributed by atoms with Crippen LogP contribution < -0.4 is 11.1 Å². The van der Waals surface area contributed by atoms with Crippen molar-refractivity contribution in [3.63, 3.8) is 0 Å². The van der Waals surface area contributed by atoms with Crippen molar-refractivity contribution < 1.29 is 34.8 Å². The van der Waals surface area contributed by atoms with Crippen molar-refractivity contribution in [1.82, 2.24) is 5.32 Å². The van der Waals surface area contributed by atoms with E-state index >= 15 is 0 Å². The molecule has 9 heteroatoms. The van der Waals surface area contributed by atoms with Crippen LogP contribution in [0.25, 0.3) is 23.0 Å². The summed E-state index contributed by atoms with van der Waals surface area (Å²) in [5.74, 6) is -7.79. The van der Waals surface area contributed by atoms with Gasteiger partial charge in [-0.25, -0.2) is 0 Å². The standard InChI is InChI=1S/C34H38N2O7/c1-16(2)24-22-15-19-14-21-20(18-8-6-17(7-9-18)12-13-36-33(3,4)5)10-11-23(37)26(21)29(39)25(19)30(40)34(22,43)31(41)27(28(24)38)32(35)42/h6-13,16,19,22,24,36-37,39,41,43H,14-15H2,1-5H3,(H2,35,42)/b13-12-/t19-,22-,24-,34-/m0/s1. The molecule has 43 heavy (non-hydrogen) atoms. The number of phenols is 1. The third-order valence-electron chi connectivity index (χ3n) is 8.87. The van der Waals surface area contributed by atoms with Crippen molar-refractivity contribution in [2.45, 2.75) is 58.6 Å². The Balaban J connectivity index is 1.61. The molecule has 226 valence electrons. The van der Waals surface area contributed by atoms with Gasteiger partial charge in [-0.15, -0.1) is 0 Å². The van der Waals surface area contributed by atoms with Gasteiger partial charge in [-0.2, -0.15) is 0 Å². The first-order valence-electron chi connectivity index (χ1n) is 14.5. The molecule has 0 aromatic heterocycles. The van der Waals surface area contributed by atoms with Crippen molar-refractivity contribution in [2.75, 3.05) is 0 Å². The fourth-order valence-electron chi connectivity index (χ4n) is 6.92. The number of carbonyl (C=O) groups excluding carboxylic acids is 3. The summed E-state index contributed by atoms with van der Waals surface area (Å²) in [7, 11) is 0. The zero-order valence-electron chi connectivity index (χ0n) is 24.9. The van der Waals surface area contributed by atoms with E-state index in [1.54, 1.807) is 19.9 Å². The first kappa shape index (κ1) is 30.1. The lowest BCUT2D eigenvalue weighted by Crippen LogP contribution is -2.62. The van der Waals surface area contributed by atoms with E-state index < -0.39 is 57.9 Å².